The first-order valence-electron chi connectivity index (χ1n) is 10.7. The van der Waals surface area contributed by atoms with Gasteiger partial charge in [-0.3, -0.25) is 19.9 Å². The van der Waals surface area contributed by atoms with Crippen LogP contribution in [0.2, 0.25) is 0 Å². The van der Waals surface area contributed by atoms with E-state index in [-0.39, 0.29) is 11.1 Å². The SMILES string of the molecule is Cn1c(COc2ccc(C[C@]3(C)SC(=O)NC3=O)cc2)nc2ccc(Oc3cccnc3)cc21. The number of benzene rings is 2. The fourth-order valence-corrected chi connectivity index (χ4v) is 4.75. The molecule has 0 aliphatic carbocycles. The van der Waals surface area contributed by atoms with Crippen molar-refractivity contribution in [3.63, 3.8) is 0 Å². The highest BCUT2D eigenvalue weighted by Crippen LogP contribution is 2.35. The molecule has 1 fully saturated rings. The van der Waals surface area contributed by atoms with Gasteiger partial charge < -0.3 is 14.0 Å². The molecule has 34 heavy (non-hydrogen) atoms. The molecule has 0 bridgehead atoms. The van der Waals surface area contributed by atoms with Crippen LogP contribution in [0.1, 0.15) is 18.3 Å². The lowest BCUT2D eigenvalue weighted by Crippen LogP contribution is -2.35. The molecule has 0 saturated carbocycles. The summed E-state index contributed by atoms with van der Waals surface area (Å²) in [6.45, 7) is 2.08. The van der Waals surface area contributed by atoms with E-state index in [1.54, 1.807) is 19.3 Å². The van der Waals surface area contributed by atoms with Crippen LogP contribution in [0.4, 0.5) is 4.79 Å². The van der Waals surface area contributed by atoms with E-state index in [4.69, 9.17) is 9.47 Å². The van der Waals surface area contributed by atoms with E-state index in [0.717, 1.165) is 34.2 Å². The number of thioether (sulfide) groups is 1. The topological polar surface area (TPSA) is 95.3 Å². The predicted octanol–water partition coefficient (Wildman–Crippen LogP) is 4.62. The number of hydrogen-bond acceptors (Lipinski definition) is 7. The minimum Gasteiger partial charge on any atom is -0.486 e. The lowest BCUT2D eigenvalue weighted by Gasteiger charge is -2.18. The van der Waals surface area contributed by atoms with Crippen molar-refractivity contribution in [2.75, 3.05) is 0 Å². The minimum atomic E-state index is -0.786. The second-order valence-electron chi connectivity index (χ2n) is 8.21. The van der Waals surface area contributed by atoms with Gasteiger partial charge in [0, 0.05) is 19.3 Å². The van der Waals surface area contributed by atoms with E-state index < -0.39 is 4.75 Å². The van der Waals surface area contributed by atoms with Crippen LogP contribution in [0, 0.1) is 0 Å². The highest BCUT2D eigenvalue weighted by atomic mass is 32.2. The van der Waals surface area contributed by atoms with Crippen molar-refractivity contribution in [2.24, 2.45) is 7.05 Å². The Morgan fingerprint density at radius 2 is 1.85 bits per heavy atom. The maximum Gasteiger partial charge on any atom is 0.286 e. The van der Waals surface area contributed by atoms with Crippen LogP contribution in [0.3, 0.4) is 0 Å². The van der Waals surface area contributed by atoms with Gasteiger partial charge in [-0.2, -0.15) is 0 Å². The van der Waals surface area contributed by atoms with Gasteiger partial charge in [-0.1, -0.05) is 12.1 Å². The molecule has 0 unspecified atom stereocenters. The zero-order chi connectivity index (χ0) is 23.7. The summed E-state index contributed by atoms with van der Waals surface area (Å²) < 4.78 is 13.0. The van der Waals surface area contributed by atoms with E-state index in [1.807, 2.05) is 66.2 Å². The molecule has 172 valence electrons. The quantitative estimate of drug-likeness (QED) is 0.417. The number of carbonyl (C=O) groups is 2. The molecular weight excluding hydrogens is 452 g/mol. The number of ether oxygens (including phenoxy) is 2. The van der Waals surface area contributed by atoms with Crippen molar-refractivity contribution in [3.05, 3.63) is 78.4 Å². The molecule has 2 amide bonds. The van der Waals surface area contributed by atoms with Crippen LogP contribution in [0.5, 0.6) is 17.2 Å². The van der Waals surface area contributed by atoms with Gasteiger partial charge in [-0.25, -0.2) is 4.98 Å². The van der Waals surface area contributed by atoms with Crippen LogP contribution in [0.25, 0.3) is 11.0 Å². The molecule has 0 radical (unpaired) electrons. The molecule has 3 heterocycles. The largest absolute Gasteiger partial charge is 0.486 e. The third kappa shape index (κ3) is 4.47. The molecule has 4 aromatic rings. The van der Waals surface area contributed by atoms with Crippen molar-refractivity contribution >= 4 is 33.9 Å². The van der Waals surface area contributed by atoms with Gasteiger partial charge in [0.15, 0.2) is 0 Å². The Labute approximate surface area is 200 Å². The average Bonchev–Trinajstić information content (AvgIpc) is 3.27. The standard InChI is InChI=1S/C25H22N4O4S/c1-25(23(30)28-24(31)34-25)13-16-5-7-17(8-6-16)32-15-22-27-20-10-9-18(12-21(20)29(22)2)33-19-4-3-11-26-14-19/h3-12,14H,13,15H2,1-2H3,(H,28,30,31)/t25-/m0/s1. The molecule has 2 aromatic carbocycles. The van der Waals surface area contributed by atoms with E-state index in [1.165, 1.54) is 0 Å². The summed E-state index contributed by atoms with van der Waals surface area (Å²) in [7, 11) is 1.94. The normalized spacial score (nSPS) is 17.7. The van der Waals surface area contributed by atoms with Crippen molar-refractivity contribution in [1.82, 2.24) is 19.9 Å². The first-order valence-corrected chi connectivity index (χ1v) is 11.5. The highest BCUT2D eigenvalue weighted by molar-refractivity contribution is 8.16. The lowest BCUT2D eigenvalue weighted by atomic mass is 9.99. The number of pyridine rings is 1. The number of imidazole rings is 1. The van der Waals surface area contributed by atoms with Gasteiger partial charge in [-0.15, -0.1) is 0 Å². The molecule has 1 aliphatic heterocycles. The third-order valence-corrected chi connectivity index (χ3v) is 6.73. The zero-order valence-electron chi connectivity index (χ0n) is 18.6. The Balaban J connectivity index is 1.25. The lowest BCUT2D eigenvalue weighted by molar-refractivity contribution is -0.121. The zero-order valence-corrected chi connectivity index (χ0v) is 19.5. The van der Waals surface area contributed by atoms with Gasteiger partial charge >= 0.3 is 0 Å². The monoisotopic (exact) mass is 474 g/mol. The Morgan fingerprint density at radius 1 is 1.06 bits per heavy atom. The van der Waals surface area contributed by atoms with E-state index >= 15 is 0 Å². The number of rotatable bonds is 7. The predicted molar refractivity (Wildman–Crippen MR) is 129 cm³/mol. The molecule has 8 nitrogen and oxygen atoms in total. The number of aromatic nitrogens is 3. The van der Waals surface area contributed by atoms with Crippen LogP contribution < -0.4 is 14.8 Å². The highest BCUT2D eigenvalue weighted by Gasteiger charge is 2.43. The van der Waals surface area contributed by atoms with Gasteiger partial charge in [0.05, 0.1) is 17.2 Å². The summed E-state index contributed by atoms with van der Waals surface area (Å²) in [5.74, 6) is 2.60. The van der Waals surface area contributed by atoms with Crippen LogP contribution in [-0.4, -0.2) is 30.4 Å². The molecule has 1 atom stereocenters. The first kappa shape index (κ1) is 22.0. The van der Waals surface area contributed by atoms with E-state index in [0.29, 0.717) is 30.3 Å². The molecule has 5 rings (SSSR count). The summed E-state index contributed by atoms with van der Waals surface area (Å²) in [6, 6.07) is 17.0. The van der Waals surface area contributed by atoms with Crippen molar-refractivity contribution in [2.45, 2.75) is 24.7 Å². The Hall–Kier alpha value is -3.85. The smallest absolute Gasteiger partial charge is 0.286 e. The molecule has 1 aliphatic rings. The fraction of sp³-hybridized carbons (Fsp3) is 0.200. The van der Waals surface area contributed by atoms with Gasteiger partial charge in [0.25, 0.3) is 5.24 Å². The summed E-state index contributed by atoms with van der Waals surface area (Å²) in [4.78, 5) is 32.3. The van der Waals surface area contributed by atoms with E-state index in [9.17, 15) is 9.59 Å². The number of fused-ring (bicyclic) bond motifs is 1. The molecular formula is C25H22N4O4S. The van der Waals surface area contributed by atoms with Crippen molar-refractivity contribution < 1.29 is 19.1 Å². The molecule has 2 aromatic heterocycles. The van der Waals surface area contributed by atoms with Crippen molar-refractivity contribution in [3.8, 4) is 17.2 Å². The number of amides is 2. The summed E-state index contributed by atoms with van der Waals surface area (Å²) in [5.41, 5.74) is 2.74. The second-order valence-corrected chi connectivity index (χ2v) is 9.69. The number of hydrogen-bond donors (Lipinski definition) is 1. The number of nitrogens with zero attached hydrogens (tertiary/aromatic N) is 3. The summed E-state index contributed by atoms with van der Waals surface area (Å²) in [5, 5.41) is 2.05. The molecule has 1 N–H and O–H groups in total. The fourth-order valence-electron chi connectivity index (χ4n) is 3.81. The van der Waals surface area contributed by atoms with Gasteiger partial charge in [-0.05, 0) is 67.1 Å². The maximum absolute atomic E-state index is 12.1. The number of nitrogens with one attached hydrogen (secondary N) is 1. The maximum atomic E-state index is 12.1. The average molecular weight is 475 g/mol. The molecule has 9 heteroatoms. The second kappa shape index (κ2) is 8.83. The first-order chi connectivity index (χ1) is 16.4. The number of imide groups is 1. The van der Waals surface area contributed by atoms with Gasteiger partial charge in [0.1, 0.15) is 34.4 Å². The van der Waals surface area contributed by atoms with Crippen LogP contribution in [-0.2, 0) is 24.9 Å². The van der Waals surface area contributed by atoms with Crippen LogP contribution in [0.15, 0.2) is 67.0 Å². The summed E-state index contributed by atoms with van der Waals surface area (Å²) in [6.07, 6.45) is 3.83. The minimum absolute atomic E-state index is 0.251. The third-order valence-electron chi connectivity index (χ3n) is 5.66. The molecule has 1 saturated heterocycles. The van der Waals surface area contributed by atoms with Gasteiger partial charge in [0.2, 0.25) is 5.91 Å². The Bertz CT molecular complexity index is 1370. The Morgan fingerprint density at radius 3 is 2.56 bits per heavy atom. The van der Waals surface area contributed by atoms with Crippen molar-refractivity contribution in [1.29, 1.82) is 0 Å². The number of carbonyl (C=O) groups excluding carboxylic acids is 2. The summed E-state index contributed by atoms with van der Waals surface area (Å²) >= 11 is 1.03. The Kier molecular flexibility index (Phi) is 5.70. The number of aryl methyl sites for hydroxylation is 1. The van der Waals surface area contributed by atoms with Crippen LogP contribution >= 0.6 is 11.8 Å². The molecule has 0 spiro atoms. The van der Waals surface area contributed by atoms with E-state index in [2.05, 4.69) is 15.3 Å².